The first-order chi connectivity index (χ1) is 17.8. The number of thioether (sulfide) groups is 1. The van der Waals surface area contributed by atoms with Crippen LogP contribution in [-0.4, -0.2) is 75.3 Å². The lowest BCUT2D eigenvalue weighted by Crippen LogP contribution is -2.42. The molecule has 4 aromatic rings. The number of aromatic nitrogens is 4. The zero-order chi connectivity index (χ0) is 26.2. The molecule has 0 spiro atoms. The first kappa shape index (κ1) is 25.3. The van der Waals surface area contributed by atoms with Crippen LogP contribution in [-0.2, 0) is 21.2 Å². The van der Waals surface area contributed by atoms with Crippen molar-refractivity contribution in [1.82, 2.24) is 24.1 Å². The van der Waals surface area contributed by atoms with E-state index in [1.165, 1.54) is 11.8 Å². The predicted molar refractivity (Wildman–Crippen MR) is 142 cm³/mol. The Morgan fingerprint density at radius 3 is 2.65 bits per heavy atom. The van der Waals surface area contributed by atoms with Gasteiger partial charge < -0.3 is 9.64 Å². The summed E-state index contributed by atoms with van der Waals surface area (Å²) in [5, 5.41) is 9.64. The molecule has 0 N–H and O–H groups in total. The van der Waals surface area contributed by atoms with Crippen molar-refractivity contribution in [1.29, 1.82) is 0 Å². The van der Waals surface area contributed by atoms with Gasteiger partial charge in [-0.15, -0.1) is 10.2 Å². The number of sulfone groups is 1. The molecule has 12 heteroatoms. The van der Waals surface area contributed by atoms with Gasteiger partial charge in [-0.3, -0.25) is 18.6 Å². The number of carbonyl (C=O) groups is 1. The summed E-state index contributed by atoms with van der Waals surface area (Å²) in [4.78, 5) is 28.2. The minimum Gasteiger partial charge on any atom is -0.496 e. The molecule has 194 valence electrons. The van der Waals surface area contributed by atoms with Crippen molar-refractivity contribution >= 4 is 44.2 Å². The van der Waals surface area contributed by atoms with E-state index in [0.717, 1.165) is 5.56 Å². The number of ether oxygens (including phenoxy) is 1. The molecule has 1 aliphatic heterocycles. The van der Waals surface area contributed by atoms with Crippen LogP contribution in [0.3, 0.4) is 0 Å². The molecule has 1 aliphatic rings. The number of amides is 1. The summed E-state index contributed by atoms with van der Waals surface area (Å²) >= 11 is 1.22. The van der Waals surface area contributed by atoms with Crippen LogP contribution in [0.15, 0.2) is 58.5 Å². The van der Waals surface area contributed by atoms with Gasteiger partial charge in [-0.05, 0) is 31.5 Å². The van der Waals surface area contributed by atoms with Gasteiger partial charge in [-0.25, -0.2) is 8.42 Å². The third-order valence-corrected chi connectivity index (χ3v) is 9.30. The monoisotopic (exact) mass is 541 g/mol. The lowest BCUT2D eigenvalue weighted by molar-refractivity contribution is -0.129. The fourth-order valence-corrected chi connectivity index (χ4v) is 7.40. The molecule has 0 radical (unpaired) electrons. The second-order valence-electron chi connectivity index (χ2n) is 8.86. The van der Waals surface area contributed by atoms with Crippen molar-refractivity contribution in [2.45, 2.75) is 31.1 Å². The van der Waals surface area contributed by atoms with Crippen molar-refractivity contribution in [3.05, 3.63) is 64.4 Å². The third kappa shape index (κ3) is 4.82. The molecule has 37 heavy (non-hydrogen) atoms. The summed E-state index contributed by atoms with van der Waals surface area (Å²) in [5.41, 5.74) is 1.27. The lowest BCUT2D eigenvalue weighted by Gasteiger charge is -2.26. The Labute approximate surface area is 218 Å². The van der Waals surface area contributed by atoms with Crippen molar-refractivity contribution < 1.29 is 17.9 Å². The Hall–Kier alpha value is -3.38. The summed E-state index contributed by atoms with van der Waals surface area (Å²) in [6.45, 7) is 2.52. The number of fused-ring (bicyclic) bond motifs is 3. The highest BCUT2D eigenvalue weighted by atomic mass is 32.2. The number of rotatable bonds is 8. The SMILES string of the molecule is CCN(C(=O)CSc1nnc2n(Cc3ccccc3OC)c(=O)c3ccccc3n12)[C@@H]1CCS(=O)(=O)C1. The number of methoxy groups -OCH3 is 1. The van der Waals surface area contributed by atoms with Crippen LogP contribution in [0.5, 0.6) is 5.75 Å². The molecular weight excluding hydrogens is 514 g/mol. The highest BCUT2D eigenvalue weighted by Gasteiger charge is 2.34. The molecule has 0 saturated carbocycles. The van der Waals surface area contributed by atoms with Gasteiger partial charge in [0.15, 0.2) is 15.0 Å². The maximum absolute atomic E-state index is 13.5. The Bertz CT molecular complexity index is 1650. The number of para-hydroxylation sites is 2. The Morgan fingerprint density at radius 2 is 1.92 bits per heavy atom. The molecule has 0 unspecified atom stereocenters. The van der Waals surface area contributed by atoms with Crippen LogP contribution in [0, 0.1) is 0 Å². The number of benzene rings is 2. The topological polar surface area (TPSA) is 116 Å². The molecule has 10 nitrogen and oxygen atoms in total. The Morgan fingerprint density at radius 1 is 1.16 bits per heavy atom. The third-order valence-electron chi connectivity index (χ3n) is 6.63. The van der Waals surface area contributed by atoms with E-state index >= 15 is 0 Å². The van der Waals surface area contributed by atoms with Gasteiger partial charge in [0.2, 0.25) is 11.7 Å². The van der Waals surface area contributed by atoms with E-state index in [1.54, 1.807) is 33.1 Å². The van der Waals surface area contributed by atoms with E-state index in [2.05, 4.69) is 10.2 Å². The number of hydrogen-bond donors (Lipinski definition) is 0. The smallest absolute Gasteiger partial charge is 0.263 e. The fraction of sp³-hybridized carbons (Fsp3) is 0.360. The second kappa shape index (κ2) is 10.2. The molecule has 1 amide bonds. The van der Waals surface area contributed by atoms with E-state index in [0.29, 0.717) is 40.6 Å². The van der Waals surface area contributed by atoms with E-state index < -0.39 is 9.84 Å². The van der Waals surface area contributed by atoms with Crippen molar-refractivity contribution in [3.63, 3.8) is 0 Å². The van der Waals surface area contributed by atoms with Crippen molar-refractivity contribution in [3.8, 4) is 5.75 Å². The van der Waals surface area contributed by atoms with Gasteiger partial charge in [0.25, 0.3) is 5.56 Å². The van der Waals surface area contributed by atoms with Crippen LogP contribution in [0.4, 0.5) is 0 Å². The van der Waals surface area contributed by atoms with E-state index in [1.807, 2.05) is 43.3 Å². The number of nitrogens with zero attached hydrogens (tertiary/aromatic N) is 5. The molecule has 1 atom stereocenters. The molecule has 5 rings (SSSR count). The van der Waals surface area contributed by atoms with Crippen LogP contribution in [0.1, 0.15) is 18.9 Å². The molecule has 1 fully saturated rings. The van der Waals surface area contributed by atoms with Crippen LogP contribution in [0.25, 0.3) is 16.7 Å². The average molecular weight is 542 g/mol. The largest absolute Gasteiger partial charge is 0.496 e. The minimum atomic E-state index is -3.10. The summed E-state index contributed by atoms with van der Waals surface area (Å²) in [7, 11) is -1.52. The van der Waals surface area contributed by atoms with Gasteiger partial charge in [0.05, 0.1) is 41.8 Å². The zero-order valence-corrected chi connectivity index (χ0v) is 22.2. The maximum atomic E-state index is 13.5. The van der Waals surface area contributed by atoms with E-state index in [-0.39, 0.29) is 41.3 Å². The Kier molecular flexibility index (Phi) is 6.95. The van der Waals surface area contributed by atoms with Crippen LogP contribution >= 0.6 is 11.8 Å². The summed E-state index contributed by atoms with van der Waals surface area (Å²) in [6, 6.07) is 14.4. The highest BCUT2D eigenvalue weighted by molar-refractivity contribution is 7.99. The Balaban J connectivity index is 1.50. The predicted octanol–water partition coefficient (Wildman–Crippen LogP) is 2.23. The highest BCUT2D eigenvalue weighted by Crippen LogP contribution is 2.25. The minimum absolute atomic E-state index is 0.00493. The number of carbonyl (C=O) groups excluding carboxylic acids is 1. The average Bonchev–Trinajstić information content (AvgIpc) is 3.48. The standard InChI is InChI=1S/C25H27N5O5S2/c1-3-28(18-12-13-37(33,34)16-18)22(31)15-36-25-27-26-24-29(14-17-8-4-7-11-21(17)35-2)23(32)19-9-5-6-10-20(19)30(24)25/h4-11,18H,3,12-16H2,1-2H3/t18-/m1/s1. The van der Waals surface area contributed by atoms with Gasteiger partial charge in [0, 0.05) is 18.2 Å². The zero-order valence-electron chi connectivity index (χ0n) is 20.5. The summed E-state index contributed by atoms with van der Waals surface area (Å²) < 4.78 is 32.7. The quantitative estimate of drug-likeness (QED) is 0.312. The van der Waals surface area contributed by atoms with E-state index in [9.17, 15) is 18.0 Å². The van der Waals surface area contributed by atoms with Crippen molar-refractivity contribution in [2.24, 2.45) is 0 Å². The van der Waals surface area contributed by atoms with Crippen molar-refractivity contribution in [2.75, 3.05) is 30.9 Å². The molecule has 0 bridgehead atoms. The van der Waals surface area contributed by atoms with Gasteiger partial charge >= 0.3 is 0 Å². The molecule has 1 saturated heterocycles. The molecular formula is C25H27N5O5S2. The lowest BCUT2D eigenvalue weighted by atomic mass is 10.2. The first-order valence-corrected chi connectivity index (χ1v) is 14.7. The molecule has 3 heterocycles. The second-order valence-corrected chi connectivity index (χ2v) is 12.0. The molecule has 0 aliphatic carbocycles. The summed E-state index contributed by atoms with van der Waals surface area (Å²) in [6.07, 6.45) is 0.459. The maximum Gasteiger partial charge on any atom is 0.263 e. The first-order valence-electron chi connectivity index (χ1n) is 11.9. The normalized spacial score (nSPS) is 16.9. The van der Waals surface area contributed by atoms with E-state index in [4.69, 9.17) is 4.74 Å². The number of hydrogen-bond acceptors (Lipinski definition) is 8. The molecule has 2 aromatic carbocycles. The summed E-state index contributed by atoms with van der Waals surface area (Å²) in [5.74, 6) is 1.06. The van der Waals surface area contributed by atoms with Gasteiger partial charge in [-0.2, -0.15) is 0 Å². The van der Waals surface area contributed by atoms with Crippen LogP contribution < -0.4 is 10.3 Å². The van der Waals surface area contributed by atoms with Gasteiger partial charge in [-0.1, -0.05) is 42.1 Å². The fourth-order valence-electron chi connectivity index (χ4n) is 4.84. The van der Waals surface area contributed by atoms with Crippen LogP contribution in [0.2, 0.25) is 0 Å². The van der Waals surface area contributed by atoms with Gasteiger partial charge in [0.1, 0.15) is 5.75 Å². The molecule has 2 aromatic heterocycles.